The van der Waals surface area contributed by atoms with Crippen LogP contribution in [0, 0.1) is 12.7 Å². The van der Waals surface area contributed by atoms with Gasteiger partial charge in [0.2, 0.25) is 5.91 Å². The van der Waals surface area contributed by atoms with E-state index >= 15 is 0 Å². The Labute approximate surface area is 201 Å². The van der Waals surface area contributed by atoms with E-state index in [9.17, 15) is 14.0 Å². The number of aryl methyl sites for hydroxylation is 1. The molecule has 1 saturated heterocycles. The van der Waals surface area contributed by atoms with Gasteiger partial charge in [0.25, 0.3) is 5.91 Å². The quantitative estimate of drug-likeness (QED) is 0.533. The number of likely N-dealkylation sites (tertiary alicyclic amines) is 1. The summed E-state index contributed by atoms with van der Waals surface area (Å²) in [7, 11) is 0. The van der Waals surface area contributed by atoms with Crippen molar-refractivity contribution in [2.45, 2.75) is 38.0 Å². The highest BCUT2D eigenvalue weighted by Crippen LogP contribution is 2.35. The average molecular weight is 477 g/mol. The standard InChI is InChI=1S/C26H25FN4O2S/c1-16-6-7-22(20(27)12-16)29-25(33)23-15-34-26(30-23)17-8-10-31(11-9-17)24(32)13-18-14-28-21-5-3-2-4-19(18)21/h2-7,12,14-15,17-18H,8-11,13H2,1H3,(H,29,33). The first-order valence-electron chi connectivity index (χ1n) is 11.4. The van der Waals surface area contributed by atoms with Crippen molar-refractivity contribution in [2.24, 2.45) is 4.99 Å². The molecule has 2 aliphatic rings. The number of aromatic nitrogens is 1. The maximum absolute atomic E-state index is 14.1. The summed E-state index contributed by atoms with van der Waals surface area (Å²) in [5.41, 5.74) is 3.29. The molecule has 2 aliphatic heterocycles. The first-order chi connectivity index (χ1) is 16.5. The van der Waals surface area contributed by atoms with Crippen molar-refractivity contribution in [1.82, 2.24) is 9.88 Å². The van der Waals surface area contributed by atoms with Crippen LogP contribution < -0.4 is 5.32 Å². The molecule has 174 valence electrons. The van der Waals surface area contributed by atoms with Crippen molar-refractivity contribution in [1.29, 1.82) is 0 Å². The molecule has 5 rings (SSSR count). The number of para-hydroxylation sites is 1. The van der Waals surface area contributed by atoms with Gasteiger partial charge in [-0.3, -0.25) is 14.6 Å². The molecule has 1 atom stereocenters. The first kappa shape index (κ1) is 22.4. The maximum Gasteiger partial charge on any atom is 0.275 e. The van der Waals surface area contributed by atoms with E-state index in [4.69, 9.17) is 0 Å². The largest absolute Gasteiger partial charge is 0.343 e. The number of aliphatic imine (C=N–C) groups is 1. The molecule has 0 radical (unpaired) electrons. The average Bonchev–Trinajstić information content (AvgIpc) is 3.49. The Morgan fingerprint density at radius 3 is 2.76 bits per heavy atom. The highest BCUT2D eigenvalue weighted by atomic mass is 32.1. The van der Waals surface area contributed by atoms with Crippen LogP contribution in [-0.2, 0) is 4.79 Å². The Kier molecular flexibility index (Phi) is 6.24. The summed E-state index contributed by atoms with van der Waals surface area (Å²) < 4.78 is 14.1. The second kappa shape index (κ2) is 9.46. The van der Waals surface area contributed by atoms with Crippen LogP contribution >= 0.6 is 11.3 Å². The second-order valence-electron chi connectivity index (χ2n) is 8.81. The number of nitrogens with zero attached hydrogens (tertiary/aromatic N) is 3. The minimum atomic E-state index is -0.465. The topological polar surface area (TPSA) is 74.7 Å². The van der Waals surface area contributed by atoms with Crippen molar-refractivity contribution in [3.63, 3.8) is 0 Å². The van der Waals surface area contributed by atoms with Gasteiger partial charge in [-0.15, -0.1) is 11.3 Å². The molecule has 1 aromatic heterocycles. The van der Waals surface area contributed by atoms with Gasteiger partial charge in [-0.2, -0.15) is 0 Å². The molecule has 2 aromatic carbocycles. The van der Waals surface area contributed by atoms with Crippen molar-refractivity contribution in [3.8, 4) is 0 Å². The van der Waals surface area contributed by atoms with Crippen LogP contribution in [0.3, 0.4) is 0 Å². The van der Waals surface area contributed by atoms with E-state index in [1.54, 1.807) is 24.4 Å². The molecular formula is C26H25FN4O2S. The van der Waals surface area contributed by atoms with Crippen LogP contribution in [-0.4, -0.2) is 41.0 Å². The zero-order chi connectivity index (χ0) is 23.7. The Bertz CT molecular complexity index is 1260. The van der Waals surface area contributed by atoms with Crippen LogP contribution in [0.4, 0.5) is 15.8 Å². The second-order valence-corrected chi connectivity index (χ2v) is 9.70. The number of amides is 2. The van der Waals surface area contributed by atoms with Gasteiger partial charge in [0.15, 0.2) is 0 Å². The lowest BCUT2D eigenvalue weighted by atomic mass is 9.94. The first-order valence-corrected chi connectivity index (χ1v) is 12.3. The zero-order valence-electron chi connectivity index (χ0n) is 18.8. The molecule has 1 fully saturated rings. The van der Waals surface area contributed by atoms with Gasteiger partial charge in [0.05, 0.1) is 16.4 Å². The van der Waals surface area contributed by atoms with Crippen LogP contribution in [0.1, 0.15) is 57.7 Å². The lowest BCUT2D eigenvalue weighted by Gasteiger charge is -2.31. The normalized spacial score (nSPS) is 17.6. The lowest BCUT2D eigenvalue weighted by Crippen LogP contribution is -2.38. The summed E-state index contributed by atoms with van der Waals surface area (Å²) in [4.78, 5) is 36.3. The van der Waals surface area contributed by atoms with E-state index in [0.29, 0.717) is 19.5 Å². The van der Waals surface area contributed by atoms with Gasteiger partial charge in [0.1, 0.15) is 11.5 Å². The predicted molar refractivity (Wildman–Crippen MR) is 132 cm³/mol. The fourth-order valence-electron chi connectivity index (χ4n) is 4.51. The van der Waals surface area contributed by atoms with Crippen LogP contribution in [0.25, 0.3) is 0 Å². The van der Waals surface area contributed by atoms with Crippen LogP contribution in [0.2, 0.25) is 0 Å². The number of hydrogen-bond acceptors (Lipinski definition) is 5. The maximum atomic E-state index is 14.1. The SMILES string of the molecule is Cc1ccc(NC(=O)c2csc(C3CCN(C(=O)CC4C=Nc5ccccc54)CC3)n2)c(F)c1. The molecule has 3 aromatic rings. The number of carbonyl (C=O) groups excluding carboxylic acids is 2. The number of halogens is 1. The monoisotopic (exact) mass is 476 g/mol. The number of fused-ring (bicyclic) bond motifs is 1. The molecule has 1 N–H and O–H groups in total. The van der Waals surface area contributed by atoms with E-state index in [1.165, 1.54) is 17.4 Å². The predicted octanol–water partition coefficient (Wildman–Crippen LogP) is 5.44. The zero-order valence-corrected chi connectivity index (χ0v) is 19.6. The summed E-state index contributed by atoms with van der Waals surface area (Å²) >= 11 is 1.44. The third-order valence-electron chi connectivity index (χ3n) is 6.45. The van der Waals surface area contributed by atoms with Gasteiger partial charge >= 0.3 is 0 Å². The Morgan fingerprint density at radius 1 is 1.18 bits per heavy atom. The summed E-state index contributed by atoms with van der Waals surface area (Å²) in [6, 6.07) is 12.6. The number of thiazole rings is 1. The van der Waals surface area contributed by atoms with E-state index in [2.05, 4.69) is 15.3 Å². The van der Waals surface area contributed by atoms with Crippen molar-refractivity contribution < 1.29 is 14.0 Å². The van der Waals surface area contributed by atoms with Gasteiger partial charge < -0.3 is 10.2 Å². The third kappa shape index (κ3) is 4.63. The molecule has 6 nitrogen and oxygen atoms in total. The van der Waals surface area contributed by atoms with Crippen molar-refractivity contribution in [3.05, 3.63) is 75.5 Å². The fraction of sp³-hybridized carbons (Fsp3) is 0.308. The molecule has 2 amide bonds. The van der Waals surface area contributed by atoms with Gasteiger partial charge in [-0.1, -0.05) is 24.3 Å². The summed E-state index contributed by atoms with van der Waals surface area (Å²) in [5.74, 6) is -0.490. The minimum absolute atomic E-state index is 0.0415. The number of piperidine rings is 1. The van der Waals surface area contributed by atoms with E-state index in [1.807, 2.05) is 35.4 Å². The van der Waals surface area contributed by atoms with E-state index < -0.39 is 11.7 Å². The highest BCUT2D eigenvalue weighted by molar-refractivity contribution is 7.10. The molecule has 34 heavy (non-hydrogen) atoms. The smallest absolute Gasteiger partial charge is 0.275 e. The molecule has 0 saturated carbocycles. The van der Waals surface area contributed by atoms with Gasteiger partial charge in [-0.25, -0.2) is 9.37 Å². The Hall–Kier alpha value is -3.39. The van der Waals surface area contributed by atoms with Gasteiger partial charge in [0, 0.05) is 42.9 Å². The molecule has 3 heterocycles. The number of benzene rings is 2. The molecule has 0 aliphatic carbocycles. The molecule has 1 unspecified atom stereocenters. The Balaban J connectivity index is 1.15. The number of rotatable bonds is 5. The number of nitrogens with one attached hydrogen (secondary N) is 1. The summed E-state index contributed by atoms with van der Waals surface area (Å²) in [6.07, 6.45) is 3.92. The van der Waals surface area contributed by atoms with Gasteiger partial charge in [-0.05, 0) is 49.1 Å². The molecular weight excluding hydrogens is 451 g/mol. The highest BCUT2D eigenvalue weighted by Gasteiger charge is 2.29. The minimum Gasteiger partial charge on any atom is -0.343 e. The van der Waals surface area contributed by atoms with Crippen molar-refractivity contribution >= 4 is 40.7 Å². The van der Waals surface area contributed by atoms with Crippen LogP contribution in [0.5, 0.6) is 0 Å². The lowest BCUT2D eigenvalue weighted by molar-refractivity contribution is -0.132. The molecule has 8 heteroatoms. The fourth-order valence-corrected chi connectivity index (χ4v) is 5.48. The Morgan fingerprint density at radius 2 is 1.97 bits per heavy atom. The van der Waals surface area contributed by atoms with E-state index in [0.717, 1.165) is 34.7 Å². The number of anilines is 1. The van der Waals surface area contributed by atoms with Crippen LogP contribution in [0.15, 0.2) is 52.8 Å². The van der Waals surface area contributed by atoms with Crippen molar-refractivity contribution in [2.75, 3.05) is 18.4 Å². The summed E-state index contributed by atoms with van der Waals surface area (Å²) in [5, 5.41) is 5.20. The summed E-state index contributed by atoms with van der Waals surface area (Å²) in [6.45, 7) is 3.14. The third-order valence-corrected chi connectivity index (χ3v) is 7.46. The number of carbonyl (C=O) groups is 2. The molecule has 0 bridgehead atoms. The number of hydrogen-bond donors (Lipinski definition) is 1. The van der Waals surface area contributed by atoms with E-state index in [-0.39, 0.29) is 29.1 Å². The molecule has 0 spiro atoms.